The second-order valence-corrected chi connectivity index (χ2v) is 8.21. The number of aliphatic carboxylic acids is 1. The van der Waals surface area contributed by atoms with Crippen molar-refractivity contribution in [1.29, 1.82) is 0 Å². The Balaban J connectivity index is 1.61. The summed E-state index contributed by atoms with van der Waals surface area (Å²) in [4.78, 5) is 38.1. The summed E-state index contributed by atoms with van der Waals surface area (Å²) < 4.78 is 5.18. The predicted octanol–water partition coefficient (Wildman–Crippen LogP) is 2.87. The van der Waals surface area contributed by atoms with E-state index in [0.717, 1.165) is 29.7 Å². The molecule has 0 aromatic carbocycles. The van der Waals surface area contributed by atoms with Crippen LogP contribution < -0.4 is 5.32 Å². The zero-order valence-electron chi connectivity index (χ0n) is 14.5. The fourth-order valence-electron chi connectivity index (χ4n) is 4.62. The van der Waals surface area contributed by atoms with Crippen molar-refractivity contribution in [3.8, 4) is 0 Å². The summed E-state index contributed by atoms with van der Waals surface area (Å²) in [5.74, 6) is -3.05. The number of carboxylic acids is 1. The lowest BCUT2D eigenvalue weighted by atomic mass is 9.82. The van der Waals surface area contributed by atoms with Gasteiger partial charge in [0.1, 0.15) is 5.00 Å². The highest BCUT2D eigenvalue weighted by molar-refractivity contribution is 7.17. The summed E-state index contributed by atoms with van der Waals surface area (Å²) in [7, 11) is 0. The van der Waals surface area contributed by atoms with E-state index < -0.39 is 23.8 Å². The van der Waals surface area contributed by atoms with Crippen LogP contribution in [0.1, 0.15) is 40.6 Å². The number of amides is 1. The molecule has 2 bridgehead atoms. The maximum atomic E-state index is 12.9. The minimum atomic E-state index is -0.929. The van der Waals surface area contributed by atoms with E-state index in [9.17, 15) is 19.5 Å². The molecule has 0 saturated heterocycles. The average Bonchev–Trinajstić information content (AvgIpc) is 3.33. The van der Waals surface area contributed by atoms with Crippen molar-refractivity contribution >= 4 is 34.2 Å². The van der Waals surface area contributed by atoms with Crippen molar-refractivity contribution in [2.75, 3.05) is 11.9 Å². The second-order valence-electron chi connectivity index (χ2n) is 7.11. The topological polar surface area (TPSA) is 92.7 Å². The maximum absolute atomic E-state index is 12.9. The van der Waals surface area contributed by atoms with E-state index in [4.69, 9.17) is 4.74 Å². The van der Waals surface area contributed by atoms with Gasteiger partial charge in [0, 0.05) is 4.88 Å². The first-order valence-electron chi connectivity index (χ1n) is 9.05. The number of fused-ring (bicyclic) bond motifs is 3. The monoisotopic (exact) mass is 375 g/mol. The standard InChI is InChI=1S/C19H21NO5S/c1-2-25-19(24)15-11-4-3-5-12(11)26-17(15)20-16(21)13-9-6-7-10(8-9)14(13)18(22)23/h6-7,9-10,13-14H,2-5,8H2,1H3,(H,20,21)(H,22,23). The first-order valence-corrected chi connectivity index (χ1v) is 9.86. The molecule has 2 N–H and O–H groups in total. The normalized spacial score (nSPS) is 28.2. The van der Waals surface area contributed by atoms with Gasteiger partial charge in [-0.25, -0.2) is 4.79 Å². The fraction of sp³-hybridized carbons (Fsp3) is 0.526. The molecule has 1 fully saturated rings. The van der Waals surface area contributed by atoms with Crippen LogP contribution in [0.25, 0.3) is 0 Å². The minimum Gasteiger partial charge on any atom is -0.481 e. The van der Waals surface area contributed by atoms with Gasteiger partial charge >= 0.3 is 11.9 Å². The van der Waals surface area contributed by atoms with Gasteiger partial charge in [-0.05, 0) is 50.0 Å². The largest absolute Gasteiger partial charge is 0.481 e. The molecule has 1 heterocycles. The predicted molar refractivity (Wildman–Crippen MR) is 96.3 cm³/mol. The van der Waals surface area contributed by atoms with Crippen LogP contribution in [0.15, 0.2) is 12.2 Å². The van der Waals surface area contributed by atoms with Crippen molar-refractivity contribution in [3.63, 3.8) is 0 Å². The summed E-state index contributed by atoms with van der Waals surface area (Å²) in [6.07, 6.45) is 7.29. The molecule has 26 heavy (non-hydrogen) atoms. The third-order valence-electron chi connectivity index (χ3n) is 5.68. The van der Waals surface area contributed by atoms with Crippen molar-refractivity contribution in [2.24, 2.45) is 23.7 Å². The van der Waals surface area contributed by atoms with Crippen molar-refractivity contribution in [1.82, 2.24) is 0 Å². The molecule has 4 unspecified atom stereocenters. The van der Waals surface area contributed by atoms with Crippen LogP contribution in [0.4, 0.5) is 5.00 Å². The van der Waals surface area contributed by atoms with E-state index in [-0.39, 0.29) is 24.3 Å². The van der Waals surface area contributed by atoms with Crippen LogP contribution in [0.2, 0.25) is 0 Å². The zero-order chi connectivity index (χ0) is 18.4. The van der Waals surface area contributed by atoms with Gasteiger partial charge in [-0.1, -0.05) is 12.2 Å². The Morgan fingerprint density at radius 2 is 1.96 bits per heavy atom. The number of rotatable bonds is 5. The molecule has 6 nitrogen and oxygen atoms in total. The van der Waals surface area contributed by atoms with E-state index in [1.54, 1.807) is 6.92 Å². The van der Waals surface area contributed by atoms with Crippen molar-refractivity contribution < 1.29 is 24.2 Å². The number of anilines is 1. The summed E-state index contributed by atoms with van der Waals surface area (Å²) in [6.45, 7) is 2.02. The number of hydrogen-bond donors (Lipinski definition) is 2. The van der Waals surface area contributed by atoms with Crippen LogP contribution in [0, 0.1) is 23.7 Å². The number of aryl methyl sites for hydroxylation is 1. The number of carboxylic acid groups (broad SMARTS) is 1. The SMILES string of the molecule is CCOC(=O)c1c(NC(=O)C2C3C=CC(C3)C2C(=O)O)sc2c1CCC2. The number of nitrogens with one attached hydrogen (secondary N) is 1. The highest BCUT2D eigenvalue weighted by atomic mass is 32.1. The number of allylic oxidation sites excluding steroid dienone is 2. The molecule has 7 heteroatoms. The molecule has 3 aliphatic carbocycles. The van der Waals surface area contributed by atoms with Gasteiger partial charge in [0.15, 0.2) is 0 Å². The lowest BCUT2D eigenvalue weighted by molar-refractivity contribution is -0.146. The minimum absolute atomic E-state index is 0.0426. The van der Waals surface area contributed by atoms with Crippen LogP contribution in [0.3, 0.4) is 0 Å². The van der Waals surface area contributed by atoms with Crippen LogP contribution in [-0.4, -0.2) is 29.6 Å². The quantitative estimate of drug-likeness (QED) is 0.610. The lowest BCUT2D eigenvalue weighted by Crippen LogP contribution is -2.36. The zero-order valence-corrected chi connectivity index (χ0v) is 15.3. The lowest BCUT2D eigenvalue weighted by Gasteiger charge is -2.23. The van der Waals surface area contributed by atoms with Gasteiger partial charge in [0.05, 0.1) is 24.0 Å². The molecule has 0 spiro atoms. The Kier molecular flexibility index (Phi) is 4.34. The van der Waals surface area contributed by atoms with Gasteiger partial charge < -0.3 is 15.2 Å². The van der Waals surface area contributed by atoms with Gasteiger partial charge in [0.2, 0.25) is 5.91 Å². The van der Waals surface area contributed by atoms with E-state index in [0.29, 0.717) is 17.0 Å². The third-order valence-corrected chi connectivity index (χ3v) is 6.89. The Morgan fingerprint density at radius 3 is 2.65 bits per heavy atom. The van der Waals surface area contributed by atoms with Crippen LogP contribution in [-0.2, 0) is 27.2 Å². The molecule has 0 aliphatic heterocycles. The van der Waals surface area contributed by atoms with Crippen LogP contribution in [0.5, 0.6) is 0 Å². The molecule has 0 radical (unpaired) electrons. The smallest absolute Gasteiger partial charge is 0.341 e. The molecule has 1 amide bonds. The highest BCUT2D eigenvalue weighted by Gasteiger charge is 2.51. The number of carbonyl (C=O) groups is 3. The molecule has 4 rings (SSSR count). The molecule has 1 aromatic heterocycles. The number of ether oxygens (including phenoxy) is 1. The molecule has 1 aromatic rings. The van der Waals surface area contributed by atoms with Crippen LogP contribution >= 0.6 is 11.3 Å². The summed E-state index contributed by atoms with van der Waals surface area (Å²) >= 11 is 1.42. The van der Waals surface area contributed by atoms with Crippen molar-refractivity contribution in [3.05, 3.63) is 28.2 Å². The molecule has 3 aliphatic rings. The van der Waals surface area contributed by atoms with E-state index in [1.165, 1.54) is 11.3 Å². The second kappa shape index (κ2) is 6.54. The van der Waals surface area contributed by atoms with Gasteiger partial charge in [-0.3, -0.25) is 9.59 Å². The first-order chi connectivity index (χ1) is 12.5. The van der Waals surface area contributed by atoms with E-state index in [2.05, 4.69) is 5.32 Å². The van der Waals surface area contributed by atoms with Gasteiger partial charge in [0.25, 0.3) is 0 Å². The Bertz CT molecular complexity index is 811. The molecular formula is C19H21NO5S. The Morgan fingerprint density at radius 1 is 1.23 bits per heavy atom. The number of hydrogen-bond acceptors (Lipinski definition) is 5. The number of carbonyl (C=O) groups excluding carboxylic acids is 2. The van der Waals surface area contributed by atoms with Gasteiger partial charge in [-0.15, -0.1) is 11.3 Å². The first kappa shape index (κ1) is 17.3. The maximum Gasteiger partial charge on any atom is 0.341 e. The number of esters is 1. The molecule has 4 atom stereocenters. The summed E-state index contributed by atoms with van der Waals surface area (Å²) in [5.41, 5.74) is 1.44. The fourth-order valence-corrected chi connectivity index (χ4v) is 5.90. The highest BCUT2D eigenvalue weighted by Crippen LogP contribution is 2.49. The summed E-state index contributed by atoms with van der Waals surface area (Å²) in [5, 5.41) is 12.9. The van der Waals surface area contributed by atoms with Gasteiger partial charge in [-0.2, -0.15) is 0 Å². The molecule has 138 valence electrons. The van der Waals surface area contributed by atoms with E-state index >= 15 is 0 Å². The Hall–Kier alpha value is -2.15. The molecule has 1 saturated carbocycles. The average molecular weight is 375 g/mol. The Labute approximate surface area is 155 Å². The van der Waals surface area contributed by atoms with Crippen molar-refractivity contribution in [2.45, 2.75) is 32.6 Å². The number of thiophene rings is 1. The third kappa shape index (κ3) is 2.65. The summed E-state index contributed by atoms with van der Waals surface area (Å²) in [6, 6.07) is 0. The molecular weight excluding hydrogens is 354 g/mol. The van der Waals surface area contributed by atoms with E-state index in [1.807, 2.05) is 12.2 Å².